The summed E-state index contributed by atoms with van der Waals surface area (Å²) in [7, 11) is 0. The summed E-state index contributed by atoms with van der Waals surface area (Å²) in [5, 5.41) is 29.0. The van der Waals surface area contributed by atoms with Gasteiger partial charge in [-0.05, 0) is 35.4 Å². The van der Waals surface area contributed by atoms with Crippen LogP contribution in [0.3, 0.4) is 0 Å². The van der Waals surface area contributed by atoms with E-state index in [1.807, 2.05) is 0 Å². The van der Waals surface area contributed by atoms with Gasteiger partial charge in [0.2, 0.25) is 0 Å². The molecule has 0 saturated carbocycles. The van der Waals surface area contributed by atoms with Crippen molar-refractivity contribution in [3.8, 4) is 6.07 Å². The van der Waals surface area contributed by atoms with Crippen molar-refractivity contribution in [2.45, 2.75) is 37.2 Å². The van der Waals surface area contributed by atoms with Crippen LogP contribution in [0.2, 0.25) is 0 Å². The van der Waals surface area contributed by atoms with E-state index in [9.17, 15) is 49.7 Å². The Morgan fingerprint density at radius 1 is 0.806 bits per heavy atom. The molecule has 4 nitrogen and oxygen atoms in total. The molecule has 0 aliphatic heterocycles. The third kappa shape index (κ3) is 5.65. The number of aliphatic hydroxyl groups excluding tert-OH is 2. The summed E-state index contributed by atoms with van der Waals surface area (Å²) in [6.07, 6.45) is -19.9. The van der Waals surface area contributed by atoms with Crippen LogP contribution in [0.15, 0.2) is 30.5 Å². The Labute approximate surface area is 168 Å². The minimum absolute atomic E-state index is 0.124. The molecule has 2 rings (SSSR count). The molecule has 2 atom stereocenters. The van der Waals surface area contributed by atoms with Crippen LogP contribution in [0.1, 0.15) is 52.1 Å². The number of nitriles is 1. The molecule has 0 aliphatic rings. The van der Waals surface area contributed by atoms with E-state index in [1.165, 1.54) is 0 Å². The van der Waals surface area contributed by atoms with Crippen LogP contribution in [0, 0.1) is 11.3 Å². The van der Waals surface area contributed by atoms with E-state index in [0.29, 0.717) is 12.3 Å². The van der Waals surface area contributed by atoms with Gasteiger partial charge in [-0.3, -0.25) is 4.98 Å². The maximum absolute atomic E-state index is 13.2. The Hall–Kier alpha value is -2.85. The van der Waals surface area contributed by atoms with E-state index in [2.05, 4.69) is 4.98 Å². The fraction of sp³-hybridized carbons (Fsp3) is 0.333. The van der Waals surface area contributed by atoms with Gasteiger partial charge in [0, 0.05) is 12.6 Å². The maximum Gasteiger partial charge on any atom is 0.433 e. The summed E-state index contributed by atoms with van der Waals surface area (Å²) in [6, 6.07) is 2.46. The molecule has 1 aromatic carbocycles. The van der Waals surface area contributed by atoms with E-state index in [4.69, 9.17) is 5.26 Å². The number of halogens is 9. The van der Waals surface area contributed by atoms with E-state index >= 15 is 0 Å². The van der Waals surface area contributed by atoms with E-state index in [-0.39, 0.29) is 12.1 Å². The average Bonchev–Trinajstić information content (AvgIpc) is 2.64. The zero-order chi connectivity index (χ0) is 23.8. The van der Waals surface area contributed by atoms with Crippen molar-refractivity contribution >= 4 is 0 Å². The van der Waals surface area contributed by atoms with Gasteiger partial charge in [0.1, 0.15) is 11.8 Å². The molecule has 1 heterocycles. The normalized spacial score (nSPS) is 14.8. The van der Waals surface area contributed by atoms with Crippen molar-refractivity contribution in [3.05, 3.63) is 64.0 Å². The topological polar surface area (TPSA) is 77.1 Å². The number of nitrogens with zero attached hydrogens (tertiary/aromatic N) is 2. The largest absolute Gasteiger partial charge is 0.433 e. The Morgan fingerprint density at radius 2 is 1.29 bits per heavy atom. The van der Waals surface area contributed by atoms with Gasteiger partial charge in [-0.2, -0.15) is 44.8 Å². The molecule has 0 radical (unpaired) electrons. The Bertz CT molecular complexity index is 956. The number of alkyl halides is 9. The average molecular weight is 458 g/mol. The van der Waals surface area contributed by atoms with E-state index in [0.717, 1.165) is 12.1 Å². The molecule has 0 aliphatic carbocycles. The van der Waals surface area contributed by atoms with E-state index < -0.39 is 70.7 Å². The van der Waals surface area contributed by atoms with Crippen LogP contribution >= 0.6 is 0 Å². The first-order valence-corrected chi connectivity index (χ1v) is 8.17. The lowest BCUT2D eigenvalue weighted by Gasteiger charge is -2.21. The third-order valence-electron chi connectivity index (χ3n) is 4.17. The number of aromatic nitrogens is 1. The van der Waals surface area contributed by atoms with Gasteiger partial charge < -0.3 is 10.2 Å². The Balaban J connectivity index is 2.46. The fourth-order valence-corrected chi connectivity index (χ4v) is 2.72. The molecule has 2 aromatic rings. The minimum atomic E-state index is -5.37. The van der Waals surface area contributed by atoms with Crippen LogP contribution in [-0.4, -0.2) is 15.2 Å². The molecular formula is C18H11F9N2O2. The van der Waals surface area contributed by atoms with Gasteiger partial charge in [0.15, 0.2) is 0 Å². The monoisotopic (exact) mass is 458 g/mol. The molecule has 0 spiro atoms. The molecule has 168 valence electrons. The highest BCUT2D eigenvalue weighted by molar-refractivity contribution is 5.50. The lowest BCUT2D eigenvalue weighted by atomic mass is 9.92. The molecule has 0 saturated heterocycles. The summed E-state index contributed by atoms with van der Waals surface area (Å²) >= 11 is 0. The number of pyridine rings is 1. The second-order valence-electron chi connectivity index (χ2n) is 6.34. The summed E-state index contributed by atoms with van der Waals surface area (Å²) in [5.41, 5.74) is -8.32. The number of benzene rings is 1. The Morgan fingerprint density at radius 3 is 1.71 bits per heavy atom. The predicted octanol–water partition coefficient (Wildman–Crippen LogP) is 5.17. The third-order valence-corrected chi connectivity index (χ3v) is 4.17. The highest BCUT2D eigenvalue weighted by Crippen LogP contribution is 2.42. The first-order valence-electron chi connectivity index (χ1n) is 8.17. The predicted molar refractivity (Wildman–Crippen MR) is 84.9 cm³/mol. The van der Waals surface area contributed by atoms with Gasteiger partial charge in [0.25, 0.3) is 0 Å². The van der Waals surface area contributed by atoms with E-state index in [1.54, 1.807) is 0 Å². The Kier molecular flexibility index (Phi) is 6.58. The molecule has 31 heavy (non-hydrogen) atoms. The molecular weight excluding hydrogens is 447 g/mol. The standard InChI is InChI=1S/C18H11F9N2O2/c19-16(20,21)11-3-9(4-12(10(11)7-28)17(22,23)24)14(31)6-13(30)8-1-2-29-15(5-8)18(25,26)27/h1-5,13-14,30-31H,6H2. The van der Waals surface area contributed by atoms with Crippen molar-refractivity contribution < 1.29 is 49.7 Å². The van der Waals surface area contributed by atoms with Crippen LogP contribution in [0.25, 0.3) is 0 Å². The van der Waals surface area contributed by atoms with Crippen molar-refractivity contribution in [1.29, 1.82) is 5.26 Å². The number of aliphatic hydroxyl groups is 2. The highest BCUT2D eigenvalue weighted by Gasteiger charge is 2.42. The smallest absolute Gasteiger partial charge is 0.388 e. The number of hydrogen-bond donors (Lipinski definition) is 2. The SMILES string of the molecule is N#Cc1c(C(F)(F)F)cc(C(O)CC(O)c2ccnc(C(F)(F)F)c2)cc1C(F)(F)F. The molecule has 0 bridgehead atoms. The second-order valence-corrected chi connectivity index (χ2v) is 6.34. The van der Waals surface area contributed by atoms with Gasteiger partial charge >= 0.3 is 18.5 Å². The maximum atomic E-state index is 13.2. The zero-order valence-corrected chi connectivity index (χ0v) is 14.9. The van der Waals surface area contributed by atoms with Crippen LogP contribution < -0.4 is 0 Å². The number of rotatable bonds is 4. The molecule has 0 fully saturated rings. The summed E-state index contributed by atoms with van der Waals surface area (Å²) < 4.78 is 117. The highest BCUT2D eigenvalue weighted by atomic mass is 19.4. The lowest BCUT2D eigenvalue weighted by Crippen LogP contribution is -2.17. The fourth-order valence-electron chi connectivity index (χ4n) is 2.72. The van der Waals surface area contributed by atoms with Crippen molar-refractivity contribution in [2.75, 3.05) is 0 Å². The summed E-state index contributed by atoms with van der Waals surface area (Å²) in [4.78, 5) is 3.05. The molecule has 1 aromatic heterocycles. The van der Waals surface area contributed by atoms with Crippen molar-refractivity contribution in [1.82, 2.24) is 4.98 Å². The van der Waals surface area contributed by atoms with Crippen LogP contribution in [-0.2, 0) is 18.5 Å². The van der Waals surface area contributed by atoms with Crippen molar-refractivity contribution in [3.63, 3.8) is 0 Å². The molecule has 13 heteroatoms. The lowest BCUT2D eigenvalue weighted by molar-refractivity contribution is -0.144. The quantitative estimate of drug-likeness (QED) is 0.621. The van der Waals surface area contributed by atoms with Gasteiger partial charge in [-0.1, -0.05) is 0 Å². The van der Waals surface area contributed by atoms with Crippen LogP contribution in [0.5, 0.6) is 0 Å². The van der Waals surface area contributed by atoms with Crippen molar-refractivity contribution in [2.24, 2.45) is 0 Å². The zero-order valence-electron chi connectivity index (χ0n) is 14.9. The van der Waals surface area contributed by atoms with Gasteiger partial charge in [0.05, 0.1) is 28.9 Å². The first-order chi connectivity index (χ1) is 14.1. The van der Waals surface area contributed by atoms with Crippen LogP contribution in [0.4, 0.5) is 39.5 Å². The second kappa shape index (κ2) is 8.35. The molecule has 2 N–H and O–H groups in total. The molecule has 2 unspecified atom stereocenters. The summed E-state index contributed by atoms with van der Waals surface area (Å²) in [5.74, 6) is 0. The van der Waals surface area contributed by atoms with Gasteiger partial charge in [-0.25, -0.2) is 0 Å². The number of hydrogen-bond acceptors (Lipinski definition) is 4. The minimum Gasteiger partial charge on any atom is -0.388 e. The molecule has 0 amide bonds. The summed E-state index contributed by atoms with van der Waals surface area (Å²) in [6.45, 7) is 0. The van der Waals surface area contributed by atoms with Gasteiger partial charge in [-0.15, -0.1) is 0 Å². The first kappa shape index (κ1) is 24.4.